The number of halogens is 1. The van der Waals surface area contributed by atoms with Crippen molar-refractivity contribution in [3.8, 4) is 5.75 Å². The van der Waals surface area contributed by atoms with Gasteiger partial charge in [-0.25, -0.2) is 20.0 Å². The van der Waals surface area contributed by atoms with Crippen molar-refractivity contribution >= 4 is 46.8 Å². The Morgan fingerprint density at radius 2 is 2.03 bits per heavy atom. The number of hydrogen-bond donors (Lipinski definition) is 2. The highest BCUT2D eigenvalue weighted by Crippen LogP contribution is 2.36. The molecule has 0 spiro atoms. The molecule has 0 radical (unpaired) electrons. The first-order valence-corrected chi connectivity index (χ1v) is 13.2. The molecule has 2 N–H and O–H groups in total. The predicted octanol–water partition coefficient (Wildman–Crippen LogP) is 5.60. The Labute approximate surface area is 202 Å². The second kappa shape index (κ2) is 10.2. The van der Waals surface area contributed by atoms with Crippen molar-refractivity contribution in [3.63, 3.8) is 0 Å². The summed E-state index contributed by atoms with van der Waals surface area (Å²) in [6.07, 6.45) is 5.66. The van der Waals surface area contributed by atoms with Crippen LogP contribution in [0.15, 0.2) is 51.5 Å². The van der Waals surface area contributed by atoms with Gasteiger partial charge in [-0.15, -0.1) is 11.8 Å². The lowest BCUT2D eigenvalue weighted by Crippen LogP contribution is -2.53. The van der Waals surface area contributed by atoms with E-state index in [2.05, 4.69) is 36.5 Å². The number of nitrogens with one attached hydrogen (secondary N) is 2. The number of aliphatic imine (C=N–C) groups is 1. The average Bonchev–Trinajstić information content (AvgIpc) is 3.21. The summed E-state index contributed by atoms with van der Waals surface area (Å²) in [6, 6.07) is 7.23. The van der Waals surface area contributed by atoms with Crippen LogP contribution < -0.4 is 15.5 Å². The van der Waals surface area contributed by atoms with Gasteiger partial charge in [0.05, 0.1) is 5.56 Å². The lowest BCUT2D eigenvalue weighted by molar-refractivity contribution is 0.251. The predicted molar refractivity (Wildman–Crippen MR) is 133 cm³/mol. The third-order valence-corrected chi connectivity index (χ3v) is 6.81. The summed E-state index contributed by atoms with van der Waals surface area (Å²) in [6.45, 7) is 6.58. The number of hydrazine groups is 1. The largest absolute Gasteiger partial charge is 0.461 e. The van der Waals surface area contributed by atoms with Gasteiger partial charge in [0.2, 0.25) is 0 Å². The maximum atomic E-state index is 5.96. The zero-order valence-corrected chi connectivity index (χ0v) is 20.9. The van der Waals surface area contributed by atoms with Gasteiger partial charge in [-0.1, -0.05) is 44.1 Å². The molecule has 3 heterocycles. The van der Waals surface area contributed by atoms with Crippen LogP contribution in [-0.4, -0.2) is 39.0 Å². The Morgan fingerprint density at radius 3 is 2.72 bits per heavy atom. The SMILES string of the molecule is CCCSc1nc2c(c(SC)n1)C1=NC(=COc3ccc(Cl)cc3)NN1C(CC(C)C)N2. The van der Waals surface area contributed by atoms with Crippen LogP contribution in [0.25, 0.3) is 0 Å². The summed E-state index contributed by atoms with van der Waals surface area (Å²) in [5, 5.41) is 8.05. The second-order valence-electron chi connectivity index (χ2n) is 7.87. The molecule has 1 aromatic carbocycles. The van der Waals surface area contributed by atoms with E-state index in [0.717, 1.165) is 46.0 Å². The van der Waals surface area contributed by atoms with Gasteiger partial charge in [-0.05, 0) is 49.3 Å². The Hall–Kier alpha value is -2.10. The molecule has 7 nitrogen and oxygen atoms in total. The topological polar surface area (TPSA) is 74.7 Å². The van der Waals surface area contributed by atoms with Crippen LogP contribution in [0.5, 0.6) is 5.75 Å². The quantitative estimate of drug-likeness (QED) is 0.214. The molecule has 1 atom stereocenters. The van der Waals surface area contributed by atoms with E-state index in [4.69, 9.17) is 31.3 Å². The van der Waals surface area contributed by atoms with Gasteiger partial charge >= 0.3 is 0 Å². The molecule has 32 heavy (non-hydrogen) atoms. The van der Waals surface area contributed by atoms with Crippen molar-refractivity contribution in [2.24, 2.45) is 10.9 Å². The highest BCUT2D eigenvalue weighted by Gasteiger charge is 2.38. The third-order valence-electron chi connectivity index (χ3n) is 4.83. The maximum absolute atomic E-state index is 5.96. The molecular formula is C22H27ClN6OS2. The highest BCUT2D eigenvalue weighted by atomic mass is 35.5. The van der Waals surface area contributed by atoms with Crippen molar-refractivity contribution in [2.45, 2.75) is 50.0 Å². The summed E-state index contributed by atoms with van der Waals surface area (Å²) < 4.78 is 5.80. The maximum Gasteiger partial charge on any atom is 0.190 e. The summed E-state index contributed by atoms with van der Waals surface area (Å²) >= 11 is 9.25. The molecule has 0 aliphatic carbocycles. The molecular weight excluding hydrogens is 464 g/mol. The molecule has 2 aliphatic heterocycles. The fraction of sp³-hybridized carbons (Fsp3) is 0.409. The zero-order valence-electron chi connectivity index (χ0n) is 18.6. The number of ether oxygens (including phenoxy) is 1. The monoisotopic (exact) mass is 490 g/mol. The lowest BCUT2D eigenvalue weighted by atomic mass is 10.1. The van der Waals surface area contributed by atoms with Gasteiger partial charge in [0.25, 0.3) is 0 Å². The summed E-state index contributed by atoms with van der Waals surface area (Å²) in [4.78, 5) is 14.5. The first-order chi connectivity index (χ1) is 15.5. The van der Waals surface area contributed by atoms with E-state index in [1.807, 2.05) is 18.4 Å². The molecule has 0 bridgehead atoms. The molecule has 2 aliphatic rings. The molecule has 0 fully saturated rings. The van der Waals surface area contributed by atoms with Gasteiger partial charge in [0.1, 0.15) is 29.0 Å². The highest BCUT2D eigenvalue weighted by molar-refractivity contribution is 7.99. The number of aromatic nitrogens is 2. The van der Waals surface area contributed by atoms with Gasteiger partial charge in [0, 0.05) is 10.8 Å². The number of hydrogen-bond acceptors (Lipinski definition) is 9. The van der Waals surface area contributed by atoms with E-state index in [0.29, 0.717) is 22.5 Å². The fourth-order valence-corrected chi connectivity index (χ4v) is 4.88. The van der Waals surface area contributed by atoms with Crippen molar-refractivity contribution in [1.29, 1.82) is 0 Å². The van der Waals surface area contributed by atoms with Crippen LogP contribution >= 0.6 is 35.1 Å². The first-order valence-electron chi connectivity index (χ1n) is 10.6. The van der Waals surface area contributed by atoms with E-state index in [1.54, 1.807) is 41.9 Å². The summed E-state index contributed by atoms with van der Waals surface area (Å²) in [5.41, 5.74) is 4.30. The van der Waals surface area contributed by atoms with Gasteiger partial charge in [-0.3, -0.25) is 5.43 Å². The van der Waals surface area contributed by atoms with E-state index in [1.165, 1.54) is 0 Å². The van der Waals surface area contributed by atoms with Gasteiger partial charge in [-0.2, -0.15) is 0 Å². The molecule has 10 heteroatoms. The van der Waals surface area contributed by atoms with E-state index >= 15 is 0 Å². The van der Waals surface area contributed by atoms with Crippen LogP contribution in [0.1, 0.15) is 39.2 Å². The van der Waals surface area contributed by atoms with E-state index in [9.17, 15) is 0 Å². The Kier molecular flexibility index (Phi) is 7.37. The molecule has 1 aromatic heterocycles. The molecule has 0 amide bonds. The molecule has 4 rings (SSSR count). The van der Waals surface area contributed by atoms with Gasteiger partial charge in [0.15, 0.2) is 16.8 Å². The van der Waals surface area contributed by atoms with Crippen molar-refractivity contribution < 1.29 is 4.74 Å². The number of anilines is 1. The normalized spacial score (nSPS) is 18.2. The number of fused-ring (bicyclic) bond motifs is 3. The summed E-state index contributed by atoms with van der Waals surface area (Å²) in [5.74, 6) is 4.45. The van der Waals surface area contributed by atoms with Crippen LogP contribution in [-0.2, 0) is 0 Å². The number of thioether (sulfide) groups is 2. The van der Waals surface area contributed by atoms with Crippen molar-refractivity contribution in [2.75, 3.05) is 17.3 Å². The average molecular weight is 491 g/mol. The molecule has 170 valence electrons. The van der Waals surface area contributed by atoms with Crippen LogP contribution in [0.4, 0.5) is 5.82 Å². The number of nitrogens with zero attached hydrogens (tertiary/aromatic N) is 4. The van der Waals surface area contributed by atoms with Crippen LogP contribution in [0, 0.1) is 5.92 Å². The standard InChI is InChI=1S/C22H27ClN6OS2/c1-5-10-32-22-26-19-18(21(27-22)31-4)20-24-16(12-30-15-8-6-14(23)7-9-15)28-29(20)17(25-19)11-13(2)3/h6-9,12-13,17,28H,5,10-11H2,1-4H3,(H,25,26,27). The van der Waals surface area contributed by atoms with E-state index < -0.39 is 0 Å². The number of rotatable bonds is 8. The Bertz CT molecular complexity index is 1030. The minimum absolute atomic E-state index is 0.0105. The number of benzene rings is 1. The van der Waals surface area contributed by atoms with Crippen molar-refractivity contribution in [3.05, 3.63) is 46.9 Å². The zero-order chi connectivity index (χ0) is 22.7. The summed E-state index contributed by atoms with van der Waals surface area (Å²) in [7, 11) is 0. The minimum Gasteiger partial charge on any atom is -0.461 e. The first kappa shape index (κ1) is 23.1. The lowest BCUT2D eigenvalue weighted by Gasteiger charge is -2.37. The van der Waals surface area contributed by atoms with E-state index in [-0.39, 0.29) is 6.17 Å². The Morgan fingerprint density at radius 1 is 1.25 bits per heavy atom. The number of amidine groups is 1. The molecule has 0 saturated heterocycles. The van der Waals surface area contributed by atoms with Gasteiger partial charge < -0.3 is 10.1 Å². The van der Waals surface area contributed by atoms with Crippen LogP contribution in [0.2, 0.25) is 5.02 Å². The third kappa shape index (κ3) is 5.10. The molecule has 2 aromatic rings. The minimum atomic E-state index is 0.0105. The second-order valence-corrected chi connectivity index (χ2v) is 10.2. The smallest absolute Gasteiger partial charge is 0.190 e. The fourth-order valence-electron chi connectivity index (χ4n) is 3.43. The molecule has 1 unspecified atom stereocenters. The van der Waals surface area contributed by atoms with Crippen molar-refractivity contribution in [1.82, 2.24) is 20.4 Å². The Balaban J connectivity index is 1.69. The molecule has 0 saturated carbocycles. The van der Waals surface area contributed by atoms with Crippen LogP contribution in [0.3, 0.4) is 0 Å².